The van der Waals surface area contributed by atoms with E-state index in [2.05, 4.69) is 11.9 Å². The fourth-order valence-electron chi connectivity index (χ4n) is 4.96. The molecule has 3 fully saturated rings. The van der Waals surface area contributed by atoms with Crippen molar-refractivity contribution in [2.45, 2.75) is 51.9 Å². The number of carbonyl (C=O) groups is 2. The van der Waals surface area contributed by atoms with Gasteiger partial charge in [0, 0.05) is 31.7 Å². The van der Waals surface area contributed by atoms with Crippen molar-refractivity contribution in [3.8, 4) is 0 Å². The maximum absolute atomic E-state index is 13.1. The third-order valence-corrected chi connectivity index (χ3v) is 6.87. The third-order valence-electron chi connectivity index (χ3n) is 6.87. The molecule has 3 heterocycles. The van der Waals surface area contributed by atoms with Crippen LogP contribution in [0, 0.1) is 17.3 Å². The number of hydrogen-bond donors (Lipinski definition) is 0. The smallest absolute Gasteiger partial charge is 0.233 e. The summed E-state index contributed by atoms with van der Waals surface area (Å²) >= 11 is 0. The lowest BCUT2D eigenvalue weighted by molar-refractivity contribution is -0.142. The Morgan fingerprint density at radius 3 is 2.46 bits per heavy atom. The summed E-state index contributed by atoms with van der Waals surface area (Å²) in [5.74, 6) is 1.54. The molecule has 1 aromatic heterocycles. The number of hydrogen-bond acceptors (Lipinski definition) is 3. The minimum absolute atomic E-state index is 0.214. The molecular formula is C21H29N3O2. The predicted octanol–water partition coefficient (Wildman–Crippen LogP) is 3.25. The SMILES string of the molecule is CC1CCC(C(=O)N2CCC3(CC2)CCN(c2cccnc2)C3=O)CC1. The van der Waals surface area contributed by atoms with E-state index in [9.17, 15) is 9.59 Å². The van der Waals surface area contributed by atoms with Gasteiger partial charge in [0.05, 0.1) is 17.3 Å². The molecule has 2 aliphatic heterocycles. The quantitative estimate of drug-likeness (QED) is 0.818. The highest BCUT2D eigenvalue weighted by Crippen LogP contribution is 2.43. The van der Waals surface area contributed by atoms with Gasteiger partial charge < -0.3 is 9.80 Å². The Kier molecular flexibility index (Phi) is 4.72. The van der Waals surface area contributed by atoms with Gasteiger partial charge in [-0.15, -0.1) is 0 Å². The molecule has 1 spiro atoms. The van der Waals surface area contributed by atoms with E-state index >= 15 is 0 Å². The average Bonchev–Trinajstić information content (AvgIpc) is 2.99. The second-order valence-corrected chi connectivity index (χ2v) is 8.48. The fraction of sp³-hybridized carbons (Fsp3) is 0.667. The van der Waals surface area contributed by atoms with Crippen LogP contribution >= 0.6 is 0 Å². The maximum atomic E-state index is 13.1. The molecule has 0 unspecified atom stereocenters. The van der Waals surface area contributed by atoms with E-state index in [1.54, 1.807) is 12.4 Å². The van der Waals surface area contributed by atoms with Crippen molar-refractivity contribution >= 4 is 17.5 Å². The van der Waals surface area contributed by atoms with E-state index in [1.165, 1.54) is 12.8 Å². The van der Waals surface area contributed by atoms with Crippen molar-refractivity contribution in [2.75, 3.05) is 24.5 Å². The highest BCUT2D eigenvalue weighted by Gasteiger charge is 2.49. The molecule has 5 heteroatoms. The Bertz CT molecular complexity index is 659. The summed E-state index contributed by atoms with van der Waals surface area (Å²) in [7, 11) is 0. The van der Waals surface area contributed by atoms with Gasteiger partial charge in [0.2, 0.25) is 11.8 Å². The Morgan fingerprint density at radius 1 is 1.12 bits per heavy atom. The van der Waals surface area contributed by atoms with Crippen molar-refractivity contribution in [1.82, 2.24) is 9.88 Å². The van der Waals surface area contributed by atoms with Crippen molar-refractivity contribution in [1.29, 1.82) is 0 Å². The zero-order valence-corrected chi connectivity index (χ0v) is 15.7. The number of likely N-dealkylation sites (tertiary alicyclic amines) is 1. The van der Waals surface area contributed by atoms with Crippen LogP contribution in [-0.4, -0.2) is 41.3 Å². The summed E-state index contributed by atoms with van der Waals surface area (Å²) in [6.45, 7) is 4.51. The standard InChI is InChI=1S/C21H29N3O2/c1-16-4-6-17(7-5-16)19(25)23-12-8-21(9-13-23)10-14-24(20(21)26)18-3-2-11-22-15-18/h2-3,11,15-17H,4-10,12-14H2,1H3. The molecule has 0 aromatic carbocycles. The highest BCUT2D eigenvalue weighted by molar-refractivity contribution is 6.00. The van der Waals surface area contributed by atoms with Crippen LogP contribution < -0.4 is 4.90 Å². The van der Waals surface area contributed by atoms with Gasteiger partial charge in [0.15, 0.2) is 0 Å². The first-order chi connectivity index (χ1) is 12.6. The number of piperidine rings is 1. The number of pyridine rings is 1. The predicted molar refractivity (Wildman–Crippen MR) is 101 cm³/mol. The van der Waals surface area contributed by atoms with E-state index in [0.717, 1.165) is 63.3 Å². The monoisotopic (exact) mass is 355 g/mol. The van der Waals surface area contributed by atoms with Gasteiger partial charge in [-0.2, -0.15) is 0 Å². The third kappa shape index (κ3) is 3.12. The van der Waals surface area contributed by atoms with Crippen LogP contribution in [0.15, 0.2) is 24.5 Å². The first-order valence-corrected chi connectivity index (χ1v) is 10.1. The Hall–Kier alpha value is -1.91. The zero-order chi connectivity index (χ0) is 18.1. The zero-order valence-electron chi connectivity index (χ0n) is 15.7. The molecule has 2 saturated heterocycles. The van der Waals surface area contributed by atoms with Crippen molar-refractivity contribution < 1.29 is 9.59 Å². The van der Waals surface area contributed by atoms with Gasteiger partial charge in [0.1, 0.15) is 0 Å². The maximum Gasteiger partial charge on any atom is 0.233 e. The molecule has 0 radical (unpaired) electrons. The molecule has 3 aliphatic rings. The lowest BCUT2D eigenvalue weighted by atomic mass is 9.76. The largest absolute Gasteiger partial charge is 0.342 e. The number of anilines is 1. The van der Waals surface area contributed by atoms with Crippen molar-refractivity contribution in [3.63, 3.8) is 0 Å². The summed E-state index contributed by atoms with van der Waals surface area (Å²) in [6, 6.07) is 3.83. The molecule has 1 aliphatic carbocycles. The molecule has 2 amide bonds. The van der Waals surface area contributed by atoms with Crippen LogP contribution in [0.1, 0.15) is 51.9 Å². The summed E-state index contributed by atoms with van der Waals surface area (Å²) in [4.78, 5) is 34.0. The van der Waals surface area contributed by atoms with E-state index in [0.29, 0.717) is 5.91 Å². The molecule has 5 nitrogen and oxygen atoms in total. The molecular weight excluding hydrogens is 326 g/mol. The second-order valence-electron chi connectivity index (χ2n) is 8.48. The first-order valence-electron chi connectivity index (χ1n) is 10.1. The Balaban J connectivity index is 1.37. The minimum atomic E-state index is -0.270. The number of rotatable bonds is 2. The second kappa shape index (κ2) is 7.01. The number of nitrogens with zero attached hydrogens (tertiary/aromatic N) is 3. The van der Waals surface area contributed by atoms with Gasteiger partial charge in [0.25, 0.3) is 0 Å². The topological polar surface area (TPSA) is 53.5 Å². The number of amides is 2. The highest BCUT2D eigenvalue weighted by atomic mass is 16.2. The molecule has 0 bridgehead atoms. The summed E-state index contributed by atoms with van der Waals surface area (Å²) in [5, 5.41) is 0. The molecule has 4 rings (SSSR count). The van der Waals surface area contributed by atoms with Crippen LogP contribution in [-0.2, 0) is 9.59 Å². The minimum Gasteiger partial charge on any atom is -0.342 e. The van der Waals surface area contributed by atoms with Gasteiger partial charge in [-0.05, 0) is 63.0 Å². The Labute approximate surface area is 155 Å². The van der Waals surface area contributed by atoms with Gasteiger partial charge in [-0.1, -0.05) is 6.92 Å². The summed E-state index contributed by atoms with van der Waals surface area (Å²) < 4.78 is 0. The van der Waals surface area contributed by atoms with Crippen molar-refractivity contribution in [3.05, 3.63) is 24.5 Å². The van der Waals surface area contributed by atoms with Crippen LogP contribution in [0.4, 0.5) is 5.69 Å². The van der Waals surface area contributed by atoms with Gasteiger partial charge in [-0.3, -0.25) is 14.6 Å². The van der Waals surface area contributed by atoms with E-state index in [1.807, 2.05) is 21.9 Å². The van der Waals surface area contributed by atoms with Crippen LogP contribution in [0.5, 0.6) is 0 Å². The van der Waals surface area contributed by atoms with Crippen molar-refractivity contribution in [2.24, 2.45) is 17.3 Å². The van der Waals surface area contributed by atoms with E-state index in [4.69, 9.17) is 0 Å². The van der Waals surface area contributed by atoms with Crippen LogP contribution in [0.3, 0.4) is 0 Å². The average molecular weight is 355 g/mol. The van der Waals surface area contributed by atoms with Crippen LogP contribution in [0.2, 0.25) is 0 Å². The molecule has 140 valence electrons. The molecule has 0 atom stereocenters. The van der Waals surface area contributed by atoms with Crippen LogP contribution in [0.25, 0.3) is 0 Å². The normalized spacial score (nSPS) is 28.6. The molecule has 26 heavy (non-hydrogen) atoms. The molecule has 1 aromatic rings. The lowest BCUT2D eigenvalue weighted by Gasteiger charge is -2.40. The van der Waals surface area contributed by atoms with Gasteiger partial charge >= 0.3 is 0 Å². The summed E-state index contributed by atoms with van der Waals surface area (Å²) in [6.07, 6.45) is 10.4. The first kappa shape index (κ1) is 17.5. The molecule has 1 saturated carbocycles. The summed E-state index contributed by atoms with van der Waals surface area (Å²) in [5.41, 5.74) is 0.623. The number of aromatic nitrogens is 1. The van der Waals surface area contributed by atoms with E-state index < -0.39 is 0 Å². The Morgan fingerprint density at radius 2 is 1.81 bits per heavy atom. The van der Waals surface area contributed by atoms with Gasteiger partial charge in [-0.25, -0.2) is 0 Å². The van der Waals surface area contributed by atoms with E-state index in [-0.39, 0.29) is 17.2 Å². The number of carbonyl (C=O) groups excluding carboxylic acids is 2. The molecule has 0 N–H and O–H groups in total. The lowest BCUT2D eigenvalue weighted by Crippen LogP contribution is -2.48. The fourth-order valence-corrected chi connectivity index (χ4v) is 4.96.